The van der Waals surface area contributed by atoms with E-state index < -0.39 is 0 Å². The van der Waals surface area contributed by atoms with E-state index in [-0.39, 0.29) is 5.91 Å². The topological polar surface area (TPSA) is 51.2 Å². The van der Waals surface area contributed by atoms with Crippen molar-refractivity contribution in [3.8, 4) is 17.0 Å². The van der Waals surface area contributed by atoms with Gasteiger partial charge in [-0.3, -0.25) is 4.79 Å². The lowest BCUT2D eigenvalue weighted by Crippen LogP contribution is -2.29. The van der Waals surface area contributed by atoms with Crippen molar-refractivity contribution in [3.05, 3.63) is 60.2 Å². The first-order valence-electron chi connectivity index (χ1n) is 11.1. The second-order valence-corrected chi connectivity index (χ2v) is 7.66. The summed E-state index contributed by atoms with van der Waals surface area (Å²) < 4.78 is 5.54. The molecular weight excluding hydrogens is 372 g/mol. The van der Waals surface area contributed by atoms with Crippen molar-refractivity contribution >= 4 is 16.8 Å². The van der Waals surface area contributed by atoms with Crippen LogP contribution in [-0.2, 0) is 0 Å². The first-order chi connectivity index (χ1) is 14.7. The Kier molecular flexibility index (Phi) is 7.83. The van der Waals surface area contributed by atoms with Gasteiger partial charge >= 0.3 is 0 Å². The molecule has 2 aromatic carbocycles. The van der Waals surface area contributed by atoms with E-state index in [1.54, 1.807) is 0 Å². The molecule has 1 atom stereocenters. The van der Waals surface area contributed by atoms with Crippen LogP contribution in [0.5, 0.6) is 5.75 Å². The zero-order valence-electron chi connectivity index (χ0n) is 18.3. The van der Waals surface area contributed by atoms with Crippen molar-refractivity contribution in [2.45, 2.75) is 46.5 Å². The van der Waals surface area contributed by atoms with E-state index in [9.17, 15) is 4.79 Å². The third-order valence-electron chi connectivity index (χ3n) is 5.52. The number of para-hydroxylation sites is 1. The van der Waals surface area contributed by atoms with Crippen molar-refractivity contribution in [1.82, 2.24) is 10.3 Å². The van der Waals surface area contributed by atoms with Crippen LogP contribution in [0.15, 0.2) is 54.6 Å². The maximum atomic E-state index is 13.1. The predicted molar refractivity (Wildman–Crippen MR) is 124 cm³/mol. The number of rotatable bonds is 10. The van der Waals surface area contributed by atoms with E-state index in [2.05, 4.69) is 19.2 Å². The summed E-state index contributed by atoms with van der Waals surface area (Å²) in [6, 6.07) is 17.6. The molecule has 0 spiro atoms. The third-order valence-corrected chi connectivity index (χ3v) is 5.52. The largest absolute Gasteiger partial charge is 0.494 e. The maximum Gasteiger partial charge on any atom is 0.252 e. The molecule has 0 aliphatic heterocycles. The van der Waals surface area contributed by atoms with Gasteiger partial charge in [-0.2, -0.15) is 0 Å². The third kappa shape index (κ3) is 5.38. The lowest BCUT2D eigenvalue weighted by molar-refractivity contribution is 0.0947. The van der Waals surface area contributed by atoms with Crippen molar-refractivity contribution in [1.29, 1.82) is 0 Å². The molecule has 4 heteroatoms. The molecule has 0 aliphatic carbocycles. The van der Waals surface area contributed by atoms with Gasteiger partial charge in [0.1, 0.15) is 5.75 Å². The van der Waals surface area contributed by atoms with Gasteiger partial charge in [0.15, 0.2) is 0 Å². The number of nitrogens with zero attached hydrogens (tertiary/aromatic N) is 1. The van der Waals surface area contributed by atoms with Gasteiger partial charge in [-0.05, 0) is 55.7 Å². The van der Waals surface area contributed by atoms with Crippen molar-refractivity contribution in [3.63, 3.8) is 0 Å². The highest BCUT2D eigenvalue weighted by Crippen LogP contribution is 2.26. The number of aromatic nitrogens is 1. The molecule has 158 valence electrons. The Morgan fingerprint density at radius 2 is 1.83 bits per heavy atom. The van der Waals surface area contributed by atoms with Crippen LogP contribution in [0.2, 0.25) is 0 Å². The highest BCUT2D eigenvalue weighted by Gasteiger charge is 2.15. The monoisotopic (exact) mass is 404 g/mol. The molecule has 3 rings (SSSR count). The summed E-state index contributed by atoms with van der Waals surface area (Å²) in [4.78, 5) is 17.9. The van der Waals surface area contributed by atoms with Crippen molar-refractivity contribution < 1.29 is 9.53 Å². The summed E-state index contributed by atoms with van der Waals surface area (Å²) in [6.45, 7) is 7.71. The first kappa shape index (κ1) is 21.8. The molecule has 0 bridgehead atoms. The summed E-state index contributed by atoms with van der Waals surface area (Å²) in [7, 11) is 0. The number of hydrogen-bond donors (Lipinski definition) is 1. The van der Waals surface area contributed by atoms with Crippen LogP contribution in [0.3, 0.4) is 0 Å². The van der Waals surface area contributed by atoms with Gasteiger partial charge < -0.3 is 10.1 Å². The van der Waals surface area contributed by atoms with Gasteiger partial charge in [-0.15, -0.1) is 0 Å². The van der Waals surface area contributed by atoms with E-state index >= 15 is 0 Å². The summed E-state index contributed by atoms with van der Waals surface area (Å²) >= 11 is 0. The summed E-state index contributed by atoms with van der Waals surface area (Å²) in [5, 5.41) is 4.05. The summed E-state index contributed by atoms with van der Waals surface area (Å²) in [6.07, 6.45) is 4.62. The Hall–Kier alpha value is -2.88. The summed E-state index contributed by atoms with van der Waals surface area (Å²) in [5.41, 5.74) is 3.26. The van der Waals surface area contributed by atoms with Gasteiger partial charge in [0.05, 0.1) is 23.4 Å². The molecule has 1 N–H and O–H groups in total. The van der Waals surface area contributed by atoms with E-state index in [0.717, 1.165) is 40.8 Å². The maximum absolute atomic E-state index is 13.1. The molecule has 4 nitrogen and oxygen atoms in total. The minimum Gasteiger partial charge on any atom is -0.494 e. The number of benzene rings is 2. The Morgan fingerprint density at radius 3 is 2.53 bits per heavy atom. The van der Waals surface area contributed by atoms with E-state index in [1.165, 1.54) is 12.8 Å². The highest BCUT2D eigenvalue weighted by molar-refractivity contribution is 6.07. The van der Waals surface area contributed by atoms with Gasteiger partial charge in [0, 0.05) is 17.5 Å². The van der Waals surface area contributed by atoms with Gasteiger partial charge in [-0.1, -0.05) is 51.3 Å². The standard InChI is InChI=1S/C26H32N2O2/c1-4-7-10-19(5-2)18-27-26(29)23-17-25(28-24-12-9-8-11-22(23)24)20-13-15-21(16-14-20)30-6-3/h8-9,11-17,19H,4-7,10,18H2,1-3H3,(H,27,29). The number of pyridine rings is 1. The van der Waals surface area contributed by atoms with Crippen LogP contribution in [-0.4, -0.2) is 24.0 Å². The minimum atomic E-state index is -0.0317. The second kappa shape index (κ2) is 10.8. The average molecular weight is 405 g/mol. The lowest BCUT2D eigenvalue weighted by atomic mass is 9.99. The quantitative estimate of drug-likeness (QED) is 0.435. The van der Waals surface area contributed by atoms with Gasteiger partial charge in [-0.25, -0.2) is 4.98 Å². The fourth-order valence-corrected chi connectivity index (χ4v) is 3.68. The van der Waals surface area contributed by atoms with Crippen molar-refractivity contribution in [2.75, 3.05) is 13.2 Å². The van der Waals surface area contributed by atoms with Crippen LogP contribution in [0.1, 0.15) is 56.8 Å². The molecule has 3 aromatic rings. The molecule has 0 aliphatic rings. The second-order valence-electron chi connectivity index (χ2n) is 7.66. The first-order valence-corrected chi connectivity index (χ1v) is 11.1. The Balaban J connectivity index is 1.88. The van der Waals surface area contributed by atoms with Crippen LogP contribution in [0, 0.1) is 5.92 Å². The smallest absolute Gasteiger partial charge is 0.252 e. The number of fused-ring (bicyclic) bond motifs is 1. The Labute approximate surface area is 179 Å². The Morgan fingerprint density at radius 1 is 1.07 bits per heavy atom. The number of nitrogens with one attached hydrogen (secondary N) is 1. The van der Waals surface area contributed by atoms with Crippen LogP contribution >= 0.6 is 0 Å². The number of ether oxygens (including phenoxy) is 1. The number of hydrogen-bond acceptors (Lipinski definition) is 3. The molecule has 1 amide bonds. The van der Waals surface area contributed by atoms with Crippen molar-refractivity contribution in [2.24, 2.45) is 5.92 Å². The molecule has 1 aromatic heterocycles. The highest BCUT2D eigenvalue weighted by atomic mass is 16.5. The zero-order valence-corrected chi connectivity index (χ0v) is 18.3. The molecule has 0 saturated heterocycles. The minimum absolute atomic E-state index is 0.0317. The van der Waals surface area contributed by atoms with Gasteiger partial charge in [0.2, 0.25) is 0 Å². The number of amides is 1. The number of carbonyl (C=O) groups is 1. The SMILES string of the molecule is CCCCC(CC)CNC(=O)c1cc(-c2ccc(OCC)cc2)nc2ccccc12. The number of unbranched alkanes of at least 4 members (excludes halogenated alkanes) is 1. The molecule has 0 radical (unpaired) electrons. The summed E-state index contributed by atoms with van der Waals surface area (Å²) in [5.74, 6) is 1.32. The molecular formula is C26H32N2O2. The number of carbonyl (C=O) groups excluding carboxylic acids is 1. The molecule has 0 saturated carbocycles. The van der Waals surface area contributed by atoms with E-state index in [4.69, 9.17) is 9.72 Å². The fourth-order valence-electron chi connectivity index (χ4n) is 3.68. The molecule has 1 unspecified atom stereocenters. The molecule has 1 heterocycles. The van der Waals surface area contributed by atoms with Crippen LogP contribution < -0.4 is 10.1 Å². The van der Waals surface area contributed by atoms with Gasteiger partial charge in [0.25, 0.3) is 5.91 Å². The fraction of sp³-hybridized carbons (Fsp3) is 0.385. The molecule has 0 fully saturated rings. The van der Waals surface area contributed by atoms with E-state index in [0.29, 0.717) is 24.6 Å². The molecule has 30 heavy (non-hydrogen) atoms. The lowest BCUT2D eigenvalue weighted by Gasteiger charge is -2.16. The van der Waals surface area contributed by atoms with Crippen LogP contribution in [0.4, 0.5) is 0 Å². The normalized spacial score (nSPS) is 12.0. The van der Waals surface area contributed by atoms with Crippen LogP contribution in [0.25, 0.3) is 22.2 Å². The average Bonchev–Trinajstić information content (AvgIpc) is 2.79. The zero-order chi connectivity index (χ0) is 21.3. The predicted octanol–water partition coefficient (Wildman–Crippen LogP) is 6.25. The Bertz CT molecular complexity index is 966. The van der Waals surface area contributed by atoms with E-state index in [1.807, 2.05) is 61.5 Å².